The van der Waals surface area contributed by atoms with Crippen molar-refractivity contribution in [2.24, 2.45) is 0 Å². The highest BCUT2D eigenvalue weighted by Gasteiger charge is 2.32. The largest absolute Gasteiger partial charge is 0.423 e. The second-order valence-corrected chi connectivity index (χ2v) is 7.15. The molecule has 0 N–H and O–H groups in total. The third kappa shape index (κ3) is 3.58. The van der Waals surface area contributed by atoms with E-state index in [1.165, 1.54) is 6.07 Å². The first-order chi connectivity index (χ1) is 11.9. The Bertz CT molecular complexity index is 860. The first-order valence-electron chi connectivity index (χ1n) is 8.61. The van der Waals surface area contributed by atoms with Crippen LogP contribution in [0.5, 0.6) is 0 Å². The van der Waals surface area contributed by atoms with Gasteiger partial charge in [0.15, 0.2) is 0 Å². The maximum absolute atomic E-state index is 12.4. The average Bonchev–Trinajstić information content (AvgIpc) is 3.02. The van der Waals surface area contributed by atoms with Crippen molar-refractivity contribution in [3.05, 3.63) is 44.8 Å². The van der Waals surface area contributed by atoms with Crippen molar-refractivity contribution in [2.75, 3.05) is 20.6 Å². The van der Waals surface area contributed by atoms with Gasteiger partial charge in [-0.05, 0) is 49.1 Å². The summed E-state index contributed by atoms with van der Waals surface area (Å²) in [6, 6.07) is 5.09. The van der Waals surface area contributed by atoms with Gasteiger partial charge in [-0.3, -0.25) is 9.69 Å². The van der Waals surface area contributed by atoms with Crippen LogP contribution in [0.4, 0.5) is 0 Å². The Hall–Kier alpha value is -1.85. The lowest BCUT2D eigenvalue weighted by molar-refractivity contribution is -0.133. The number of rotatable bonds is 4. The van der Waals surface area contributed by atoms with Crippen LogP contribution in [0.1, 0.15) is 30.9 Å². The molecule has 2 aromatic rings. The number of carbonyl (C=O) groups excluding carboxylic acids is 1. The summed E-state index contributed by atoms with van der Waals surface area (Å²) in [5.41, 5.74) is 1.99. The molecule has 0 aliphatic carbocycles. The summed E-state index contributed by atoms with van der Waals surface area (Å²) in [5.74, 6) is 0.107. The van der Waals surface area contributed by atoms with Crippen molar-refractivity contribution >= 4 is 28.5 Å². The predicted octanol–water partition coefficient (Wildman–Crippen LogP) is 3.06. The molecule has 2 heterocycles. The van der Waals surface area contributed by atoms with E-state index < -0.39 is 0 Å². The lowest BCUT2D eigenvalue weighted by Gasteiger charge is -2.26. The smallest absolute Gasteiger partial charge is 0.336 e. The molecule has 6 heteroatoms. The van der Waals surface area contributed by atoms with E-state index in [1.807, 2.05) is 19.1 Å². The van der Waals surface area contributed by atoms with Gasteiger partial charge in [-0.15, -0.1) is 0 Å². The highest BCUT2D eigenvalue weighted by atomic mass is 35.5. The Morgan fingerprint density at radius 1 is 1.32 bits per heavy atom. The SMILES string of the molecule is CCc1cc2oc(=O)cc(CN3CCC[C@H]3C(=O)N(C)C)c2cc1Cl. The molecule has 1 aromatic carbocycles. The van der Waals surface area contributed by atoms with Gasteiger partial charge in [-0.1, -0.05) is 18.5 Å². The van der Waals surface area contributed by atoms with Crippen LogP contribution in [0, 0.1) is 0 Å². The molecule has 1 aliphatic heterocycles. The van der Waals surface area contributed by atoms with Crippen molar-refractivity contribution in [3.8, 4) is 0 Å². The number of likely N-dealkylation sites (N-methyl/N-ethyl adjacent to an activating group) is 1. The summed E-state index contributed by atoms with van der Waals surface area (Å²) in [6.45, 7) is 3.39. The number of hydrogen-bond acceptors (Lipinski definition) is 4. The summed E-state index contributed by atoms with van der Waals surface area (Å²) in [4.78, 5) is 28.2. The monoisotopic (exact) mass is 362 g/mol. The van der Waals surface area contributed by atoms with E-state index in [2.05, 4.69) is 4.90 Å². The molecule has 1 aromatic heterocycles. The highest BCUT2D eigenvalue weighted by Crippen LogP contribution is 2.28. The van der Waals surface area contributed by atoms with Crippen LogP contribution in [-0.2, 0) is 17.8 Å². The number of benzene rings is 1. The van der Waals surface area contributed by atoms with Gasteiger partial charge in [-0.25, -0.2) is 4.79 Å². The van der Waals surface area contributed by atoms with Crippen LogP contribution in [0.15, 0.2) is 27.4 Å². The van der Waals surface area contributed by atoms with Gasteiger partial charge in [0.2, 0.25) is 5.91 Å². The number of hydrogen-bond donors (Lipinski definition) is 0. The van der Waals surface area contributed by atoms with Crippen molar-refractivity contribution in [3.63, 3.8) is 0 Å². The molecule has 1 aliphatic rings. The number of halogens is 1. The molecule has 1 fully saturated rings. The van der Waals surface area contributed by atoms with Gasteiger partial charge in [0.25, 0.3) is 0 Å². The third-order valence-electron chi connectivity index (χ3n) is 4.84. The minimum absolute atomic E-state index is 0.107. The normalized spacial score (nSPS) is 18.0. The number of carbonyl (C=O) groups is 1. The fourth-order valence-electron chi connectivity index (χ4n) is 3.50. The van der Waals surface area contributed by atoms with E-state index in [4.69, 9.17) is 16.0 Å². The average molecular weight is 363 g/mol. The number of nitrogens with zero attached hydrogens (tertiary/aromatic N) is 2. The van der Waals surface area contributed by atoms with Gasteiger partial charge in [0.1, 0.15) is 5.58 Å². The quantitative estimate of drug-likeness (QED) is 0.784. The summed E-state index contributed by atoms with van der Waals surface area (Å²) < 4.78 is 5.37. The fourth-order valence-corrected chi connectivity index (χ4v) is 3.80. The summed E-state index contributed by atoms with van der Waals surface area (Å²) in [6.07, 6.45) is 2.59. The molecule has 25 heavy (non-hydrogen) atoms. The van der Waals surface area contributed by atoms with Gasteiger partial charge in [0, 0.05) is 37.1 Å². The van der Waals surface area contributed by atoms with E-state index in [0.717, 1.165) is 42.3 Å². The van der Waals surface area contributed by atoms with Crippen molar-refractivity contribution in [1.29, 1.82) is 0 Å². The lowest BCUT2D eigenvalue weighted by atomic mass is 10.1. The van der Waals surface area contributed by atoms with Crippen LogP contribution < -0.4 is 5.63 Å². The summed E-state index contributed by atoms with van der Waals surface area (Å²) in [5, 5.41) is 1.51. The van der Waals surface area contributed by atoms with Crippen LogP contribution in [-0.4, -0.2) is 42.4 Å². The number of aryl methyl sites for hydroxylation is 1. The van der Waals surface area contributed by atoms with Gasteiger partial charge < -0.3 is 9.32 Å². The molecule has 5 nitrogen and oxygen atoms in total. The molecule has 134 valence electrons. The second-order valence-electron chi connectivity index (χ2n) is 6.75. The van der Waals surface area contributed by atoms with Crippen molar-refractivity contribution in [1.82, 2.24) is 9.80 Å². The van der Waals surface area contributed by atoms with Crippen LogP contribution >= 0.6 is 11.6 Å². The Labute approximate surface area is 152 Å². The number of fused-ring (bicyclic) bond motifs is 1. The Kier molecular flexibility index (Phi) is 5.16. The maximum Gasteiger partial charge on any atom is 0.336 e. The van der Waals surface area contributed by atoms with Gasteiger partial charge in [-0.2, -0.15) is 0 Å². The third-order valence-corrected chi connectivity index (χ3v) is 5.19. The molecule has 0 radical (unpaired) electrons. The summed E-state index contributed by atoms with van der Waals surface area (Å²) >= 11 is 6.36. The number of amides is 1. The van der Waals surface area contributed by atoms with E-state index >= 15 is 0 Å². The summed E-state index contributed by atoms with van der Waals surface area (Å²) in [7, 11) is 3.55. The van der Waals surface area contributed by atoms with E-state index in [9.17, 15) is 9.59 Å². The minimum atomic E-state index is -0.374. The number of likely N-dealkylation sites (tertiary alicyclic amines) is 1. The van der Waals surface area contributed by atoms with Crippen molar-refractivity contribution < 1.29 is 9.21 Å². The topological polar surface area (TPSA) is 53.8 Å². The minimum Gasteiger partial charge on any atom is -0.423 e. The molecule has 0 unspecified atom stereocenters. The molecular weight excluding hydrogens is 340 g/mol. The maximum atomic E-state index is 12.4. The zero-order valence-corrected chi connectivity index (χ0v) is 15.6. The zero-order chi connectivity index (χ0) is 18.1. The Morgan fingerprint density at radius 2 is 2.08 bits per heavy atom. The van der Waals surface area contributed by atoms with E-state index in [0.29, 0.717) is 17.2 Å². The highest BCUT2D eigenvalue weighted by molar-refractivity contribution is 6.32. The lowest BCUT2D eigenvalue weighted by Crippen LogP contribution is -2.42. The van der Waals surface area contributed by atoms with E-state index in [-0.39, 0.29) is 17.6 Å². The van der Waals surface area contributed by atoms with Gasteiger partial charge in [0.05, 0.1) is 6.04 Å². The molecular formula is C19H23ClN2O3. The first-order valence-corrected chi connectivity index (χ1v) is 8.99. The molecule has 0 saturated carbocycles. The predicted molar refractivity (Wildman–Crippen MR) is 99.0 cm³/mol. The van der Waals surface area contributed by atoms with E-state index in [1.54, 1.807) is 19.0 Å². The van der Waals surface area contributed by atoms with Gasteiger partial charge >= 0.3 is 5.63 Å². The fraction of sp³-hybridized carbons (Fsp3) is 0.474. The molecule has 1 saturated heterocycles. The Balaban J connectivity index is 1.99. The molecule has 0 bridgehead atoms. The molecule has 0 spiro atoms. The first kappa shape index (κ1) is 18.0. The van der Waals surface area contributed by atoms with Crippen LogP contribution in [0.2, 0.25) is 5.02 Å². The standard InChI is InChI=1S/C19H23ClN2O3/c1-4-12-8-17-14(10-15(12)20)13(9-18(23)25-17)11-22-7-5-6-16(22)19(24)21(2)3/h8-10,16H,4-7,11H2,1-3H3/t16-/m0/s1. The Morgan fingerprint density at radius 3 is 2.76 bits per heavy atom. The molecule has 1 amide bonds. The molecule has 1 atom stereocenters. The zero-order valence-electron chi connectivity index (χ0n) is 14.8. The molecule has 3 rings (SSSR count). The van der Waals surface area contributed by atoms with Crippen molar-refractivity contribution in [2.45, 2.75) is 38.8 Å². The second kappa shape index (κ2) is 7.18. The van der Waals surface area contributed by atoms with Crippen LogP contribution in [0.25, 0.3) is 11.0 Å². The van der Waals surface area contributed by atoms with Crippen LogP contribution in [0.3, 0.4) is 0 Å².